The fourth-order valence-corrected chi connectivity index (χ4v) is 6.86. The number of likely N-dealkylation sites (tertiary alicyclic amines) is 1. The summed E-state index contributed by atoms with van der Waals surface area (Å²) >= 11 is 0. The molecule has 1 saturated carbocycles. The lowest BCUT2D eigenvalue weighted by Crippen LogP contribution is -2.73. The van der Waals surface area contributed by atoms with Gasteiger partial charge in [0.25, 0.3) is 30.4 Å². The van der Waals surface area contributed by atoms with E-state index in [1.807, 2.05) is 0 Å². The van der Waals surface area contributed by atoms with Gasteiger partial charge in [0, 0.05) is 44.2 Å². The molecule has 1 aromatic rings. The minimum Gasteiger partial charge on any atom is -0.311 e. The molecule has 1 aromatic carbocycles. The summed E-state index contributed by atoms with van der Waals surface area (Å²) in [7, 11) is -13.1. The van der Waals surface area contributed by atoms with Crippen LogP contribution < -0.4 is 10.5 Å². The summed E-state index contributed by atoms with van der Waals surface area (Å²) in [6.45, 7) is 3.10. The van der Waals surface area contributed by atoms with Crippen molar-refractivity contribution in [1.29, 1.82) is 5.26 Å². The number of nitrogens with two attached hydrogens (primary N) is 1. The molecule has 37 heavy (non-hydrogen) atoms. The molecule has 1 aliphatic carbocycles. The second kappa shape index (κ2) is 11.2. The molecule has 2 aliphatic heterocycles. The van der Waals surface area contributed by atoms with Gasteiger partial charge >= 0.3 is 0 Å². The number of benzene rings is 1. The molecule has 0 amide bonds. The fourth-order valence-electron chi connectivity index (χ4n) is 4.79. The Labute approximate surface area is 218 Å². The predicted octanol–water partition coefficient (Wildman–Crippen LogP) is -0.124. The smallest absolute Gasteiger partial charge is 0.284 e. The summed E-state index contributed by atoms with van der Waals surface area (Å²) in [5, 5.41) is 18.2. The molecule has 13 nitrogen and oxygen atoms in total. The van der Waals surface area contributed by atoms with Gasteiger partial charge in [0.1, 0.15) is 0 Å². The van der Waals surface area contributed by atoms with E-state index >= 15 is 0 Å². The summed E-state index contributed by atoms with van der Waals surface area (Å²) in [6, 6.07) is 14.0. The molecule has 4 rings (SSSR count). The number of hydrogen-bond acceptors (Lipinski definition) is 9. The van der Waals surface area contributed by atoms with Crippen LogP contribution in [0.15, 0.2) is 30.3 Å². The zero-order chi connectivity index (χ0) is 27.6. The van der Waals surface area contributed by atoms with Crippen LogP contribution in [0.4, 0.5) is 0 Å². The molecule has 2 atom stereocenters. The molecule has 2 heterocycles. The van der Waals surface area contributed by atoms with Crippen molar-refractivity contribution in [3.05, 3.63) is 35.9 Å². The van der Waals surface area contributed by atoms with Gasteiger partial charge < -0.3 is 5.32 Å². The van der Waals surface area contributed by atoms with Crippen molar-refractivity contribution < 1.29 is 34.4 Å². The van der Waals surface area contributed by atoms with Crippen LogP contribution in [0.5, 0.6) is 0 Å². The highest BCUT2D eigenvalue weighted by Crippen LogP contribution is 2.42. The normalized spacial score (nSPS) is 25.0. The third kappa shape index (κ3) is 7.68. The van der Waals surface area contributed by atoms with E-state index < -0.39 is 35.0 Å². The topological polar surface area (TPSA) is 211 Å². The van der Waals surface area contributed by atoms with Gasteiger partial charge in [-0.2, -0.15) is 34.8 Å². The monoisotopic (exact) mass is 579 g/mol. The SMILES string of the molecule is CC(S(=O)(=O)O)S(=O)(=O)O.N#CCC1(N2CCC(N[C@@H]3C[C@H]3c3ccccc3)CC2)CN(S(N)(=O)=O)C1. The van der Waals surface area contributed by atoms with Crippen LogP contribution in [0.3, 0.4) is 0 Å². The zero-order valence-corrected chi connectivity index (χ0v) is 22.8. The van der Waals surface area contributed by atoms with Crippen LogP contribution in [-0.2, 0) is 30.4 Å². The van der Waals surface area contributed by atoms with Gasteiger partial charge in [0.2, 0.25) is 4.58 Å². The summed E-state index contributed by atoms with van der Waals surface area (Å²) in [4.78, 5) is 2.30. The van der Waals surface area contributed by atoms with Gasteiger partial charge in [-0.15, -0.1) is 0 Å². The number of nitrogens with one attached hydrogen (secondary N) is 1. The van der Waals surface area contributed by atoms with E-state index in [1.165, 1.54) is 16.3 Å². The van der Waals surface area contributed by atoms with Crippen molar-refractivity contribution in [2.75, 3.05) is 26.2 Å². The minimum atomic E-state index is -4.70. The first kappa shape index (κ1) is 29.9. The summed E-state index contributed by atoms with van der Waals surface area (Å²) in [6.07, 6.45) is 3.60. The van der Waals surface area contributed by atoms with E-state index in [-0.39, 0.29) is 5.54 Å². The van der Waals surface area contributed by atoms with E-state index in [0.29, 0.717) is 44.4 Å². The first-order valence-electron chi connectivity index (χ1n) is 11.7. The van der Waals surface area contributed by atoms with Gasteiger partial charge in [0.05, 0.1) is 18.0 Å². The Kier molecular flexibility index (Phi) is 9.04. The highest BCUT2D eigenvalue weighted by Gasteiger charge is 2.51. The molecular weight excluding hydrogens is 546 g/mol. The lowest BCUT2D eigenvalue weighted by atomic mass is 9.84. The molecule has 0 unspecified atom stereocenters. The highest BCUT2D eigenvalue weighted by atomic mass is 32.3. The second-order valence-corrected chi connectivity index (χ2v) is 15.1. The molecule has 0 aromatic heterocycles. The van der Waals surface area contributed by atoms with Crippen LogP contribution in [0.25, 0.3) is 0 Å². The molecule has 0 bridgehead atoms. The van der Waals surface area contributed by atoms with Crippen molar-refractivity contribution in [3.8, 4) is 6.07 Å². The lowest BCUT2D eigenvalue weighted by Gasteiger charge is -2.55. The summed E-state index contributed by atoms with van der Waals surface area (Å²) in [5.41, 5.74) is 1.05. The van der Waals surface area contributed by atoms with Gasteiger partial charge in [-0.05, 0) is 31.7 Å². The van der Waals surface area contributed by atoms with Crippen LogP contribution in [-0.4, -0.2) is 91.9 Å². The standard InChI is InChI=1S/C19H27N5O2S.C2H6O6S2/c20-9-8-19(13-24(14-19)27(21,25)26)23-10-6-16(7-11-23)22-18-12-17(18)15-4-2-1-3-5-15;1-2(9(3,4)5)10(6,7)8/h1-5,16-18,22H,6-8,10-14H2,(H2,21,25,26);2H,1H3,(H,3,4,5)(H,6,7,8)/t17-,18+;/m0./s1. The Morgan fingerprint density at radius 3 is 2.05 bits per heavy atom. The maximum Gasteiger partial charge on any atom is 0.284 e. The first-order chi connectivity index (χ1) is 17.1. The van der Waals surface area contributed by atoms with E-state index in [1.54, 1.807) is 0 Å². The number of nitriles is 1. The maximum absolute atomic E-state index is 11.5. The van der Waals surface area contributed by atoms with Crippen molar-refractivity contribution in [1.82, 2.24) is 14.5 Å². The van der Waals surface area contributed by atoms with Crippen molar-refractivity contribution in [2.45, 2.75) is 60.7 Å². The van der Waals surface area contributed by atoms with Gasteiger partial charge in [-0.25, -0.2) is 5.14 Å². The molecule has 2 saturated heterocycles. The third-order valence-electron chi connectivity index (χ3n) is 7.18. The number of piperidine rings is 1. The Morgan fingerprint density at radius 1 is 1.08 bits per heavy atom. The molecule has 3 aliphatic rings. The summed E-state index contributed by atoms with van der Waals surface area (Å²) < 4.78 is 78.2. The number of nitrogens with zero attached hydrogens (tertiary/aromatic N) is 3. The Balaban J connectivity index is 0.000000325. The molecule has 0 radical (unpaired) electrons. The van der Waals surface area contributed by atoms with Crippen LogP contribution in [0, 0.1) is 11.3 Å². The fraction of sp³-hybridized carbons (Fsp3) is 0.667. The molecule has 208 valence electrons. The summed E-state index contributed by atoms with van der Waals surface area (Å²) in [5.74, 6) is 0.629. The second-order valence-electron chi connectivity index (χ2n) is 9.76. The third-order valence-corrected chi connectivity index (χ3v) is 11.3. The van der Waals surface area contributed by atoms with E-state index in [2.05, 4.69) is 46.6 Å². The van der Waals surface area contributed by atoms with Crippen molar-refractivity contribution in [3.63, 3.8) is 0 Å². The minimum absolute atomic E-state index is 0.330. The maximum atomic E-state index is 11.5. The quantitative estimate of drug-likeness (QED) is 0.298. The molecule has 5 N–H and O–H groups in total. The first-order valence-corrected chi connectivity index (χ1v) is 16.2. The van der Waals surface area contributed by atoms with Crippen LogP contribution in [0.2, 0.25) is 0 Å². The van der Waals surface area contributed by atoms with Gasteiger partial charge in [-0.1, -0.05) is 30.3 Å². The van der Waals surface area contributed by atoms with E-state index in [4.69, 9.17) is 14.2 Å². The lowest BCUT2D eigenvalue weighted by molar-refractivity contribution is -0.0255. The Bertz CT molecular complexity index is 1270. The molecule has 0 spiro atoms. The number of hydrogen-bond donors (Lipinski definition) is 4. The zero-order valence-electron chi connectivity index (χ0n) is 20.3. The van der Waals surface area contributed by atoms with Crippen molar-refractivity contribution in [2.24, 2.45) is 5.14 Å². The van der Waals surface area contributed by atoms with Crippen LogP contribution >= 0.6 is 0 Å². The van der Waals surface area contributed by atoms with Gasteiger partial charge in [0.15, 0.2) is 0 Å². The Morgan fingerprint density at radius 2 is 1.62 bits per heavy atom. The molecular formula is C21H33N5O8S3. The number of rotatable bonds is 8. The van der Waals surface area contributed by atoms with E-state index in [9.17, 15) is 30.5 Å². The van der Waals surface area contributed by atoms with Crippen molar-refractivity contribution >= 4 is 30.4 Å². The Hall–Kier alpha value is -1.68. The van der Waals surface area contributed by atoms with E-state index in [0.717, 1.165) is 25.9 Å². The van der Waals surface area contributed by atoms with Gasteiger partial charge in [-0.3, -0.25) is 14.0 Å². The van der Waals surface area contributed by atoms with Crippen LogP contribution in [0.1, 0.15) is 44.1 Å². The molecule has 3 fully saturated rings. The average molecular weight is 580 g/mol. The molecule has 16 heteroatoms. The highest BCUT2D eigenvalue weighted by molar-refractivity contribution is 8.03. The predicted molar refractivity (Wildman–Crippen MR) is 136 cm³/mol. The average Bonchev–Trinajstić information content (AvgIpc) is 3.54. The largest absolute Gasteiger partial charge is 0.311 e.